The first-order valence-corrected chi connectivity index (χ1v) is 16.7. The number of unbranched alkanes of at least 4 members (excludes halogenated alkanes) is 21. The average Bonchev–Trinajstić information content (AvgIpc) is 2.85. The Bertz CT molecular complexity index is 326. The summed E-state index contributed by atoms with van der Waals surface area (Å²) >= 11 is 0. The Morgan fingerprint density at radius 3 is 0.647 bits per heavy atom. The van der Waals surface area contributed by atoms with Crippen LogP contribution in [0.3, 0.4) is 0 Å². The number of hydrogen-bond donors (Lipinski definition) is 0. The predicted octanol–water partition coefficient (Wildman–Crippen LogP) is 13.4. The first-order chi connectivity index (χ1) is 16.7. The van der Waals surface area contributed by atoms with E-state index >= 15 is 0 Å². The summed E-state index contributed by atoms with van der Waals surface area (Å²) in [7, 11) is 0. The van der Waals surface area contributed by atoms with E-state index < -0.39 is 0 Å². The standard InChI is InChI=1S/C34H70/c1-5-9-13-17-18-19-20-21-22-23-24-25-29-33-34(30-26-14-10-6-2,31-27-15-11-7-3)32-28-16-12-8-4/h5-33H2,1-4H3. The summed E-state index contributed by atoms with van der Waals surface area (Å²) in [6.07, 6.45) is 42.7. The third-order valence-electron chi connectivity index (χ3n) is 8.49. The fraction of sp³-hybridized carbons (Fsp3) is 1.00. The molecule has 0 atom stereocenters. The van der Waals surface area contributed by atoms with Crippen molar-refractivity contribution in [3.05, 3.63) is 0 Å². The van der Waals surface area contributed by atoms with Crippen molar-refractivity contribution >= 4 is 0 Å². The lowest BCUT2D eigenvalue weighted by molar-refractivity contribution is 0.172. The third-order valence-corrected chi connectivity index (χ3v) is 8.49. The molecule has 0 bridgehead atoms. The molecule has 0 aromatic rings. The Morgan fingerprint density at radius 1 is 0.235 bits per heavy atom. The van der Waals surface area contributed by atoms with E-state index in [1.807, 2.05) is 0 Å². The Morgan fingerprint density at radius 2 is 0.412 bits per heavy atom. The second kappa shape index (κ2) is 27.6. The molecular formula is C34H70. The second-order valence-electron chi connectivity index (χ2n) is 11.9. The molecule has 0 rings (SSSR count). The van der Waals surface area contributed by atoms with Gasteiger partial charge in [0.2, 0.25) is 0 Å². The van der Waals surface area contributed by atoms with Crippen molar-refractivity contribution in [3.63, 3.8) is 0 Å². The molecule has 0 aliphatic rings. The highest BCUT2D eigenvalue weighted by atomic mass is 14.3. The fourth-order valence-electron chi connectivity index (χ4n) is 6.05. The largest absolute Gasteiger partial charge is 0.0654 e. The highest BCUT2D eigenvalue weighted by molar-refractivity contribution is 4.80. The van der Waals surface area contributed by atoms with Crippen molar-refractivity contribution in [2.45, 2.75) is 214 Å². The quantitative estimate of drug-likeness (QED) is 0.0937. The smallest absolute Gasteiger partial charge is 0.0297 e. The minimum absolute atomic E-state index is 0.688. The summed E-state index contributed by atoms with van der Waals surface area (Å²) in [5.41, 5.74) is 0.688. The lowest BCUT2D eigenvalue weighted by Gasteiger charge is -2.35. The normalized spacial score (nSPS) is 12.0. The first kappa shape index (κ1) is 34.0. The van der Waals surface area contributed by atoms with Gasteiger partial charge in [-0.15, -0.1) is 0 Å². The van der Waals surface area contributed by atoms with Crippen LogP contribution in [0.1, 0.15) is 214 Å². The molecular weight excluding hydrogens is 408 g/mol. The SMILES string of the molecule is CCCCCCCCCCCCCCCC(CCCCCC)(CCCCCC)CCCCCC. The molecule has 0 amide bonds. The Hall–Kier alpha value is 0. The summed E-state index contributed by atoms with van der Waals surface area (Å²) in [5.74, 6) is 0. The molecule has 0 heteroatoms. The molecule has 0 saturated heterocycles. The van der Waals surface area contributed by atoms with Crippen molar-refractivity contribution in [2.24, 2.45) is 5.41 Å². The fourth-order valence-corrected chi connectivity index (χ4v) is 6.05. The van der Waals surface area contributed by atoms with Crippen LogP contribution < -0.4 is 0 Å². The van der Waals surface area contributed by atoms with E-state index in [0.29, 0.717) is 5.41 Å². The van der Waals surface area contributed by atoms with E-state index in [-0.39, 0.29) is 0 Å². The van der Waals surface area contributed by atoms with Crippen LogP contribution in [-0.4, -0.2) is 0 Å². The van der Waals surface area contributed by atoms with Crippen LogP contribution in [0.5, 0.6) is 0 Å². The number of rotatable bonds is 29. The van der Waals surface area contributed by atoms with E-state index in [1.165, 1.54) is 186 Å². The van der Waals surface area contributed by atoms with Gasteiger partial charge < -0.3 is 0 Å². The van der Waals surface area contributed by atoms with Gasteiger partial charge in [-0.05, 0) is 31.1 Å². The van der Waals surface area contributed by atoms with Crippen LogP contribution in [-0.2, 0) is 0 Å². The third kappa shape index (κ3) is 22.5. The van der Waals surface area contributed by atoms with E-state index in [2.05, 4.69) is 27.7 Å². The molecule has 0 saturated carbocycles. The lowest BCUT2D eigenvalue weighted by atomic mass is 9.70. The number of hydrogen-bond acceptors (Lipinski definition) is 0. The molecule has 0 aromatic heterocycles. The molecule has 0 unspecified atom stereocenters. The van der Waals surface area contributed by atoms with Gasteiger partial charge in [-0.2, -0.15) is 0 Å². The van der Waals surface area contributed by atoms with Gasteiger partial charge in [-0.1, -0.05) is 188 Å². The van der Waals surface area contributed by atoms with Gasteiger partial charge in [0.15, 0.2) is 0 Å². The molecule has 0 aliphatic carbocycles. The highest BCUT2D eigenvalue weighted by Gasteiger charge is 2.28. The Kier molecular flexibility index (Phi) is 27.6. The molecule has 0 aromatic carbocycles. The van der Waals surface area contributed by atoms with Crippen molar-refractivity contribution in [1.82, 2.24) is 0 Å². The van der Waals surface area contributed by atoms with Crippen LogP contribution in [0.15, 0.2) is 0 Å². The zero-order valence-corrected chi connectivity index (χ0v) is 25.0. The van der Waals surface area contributed by atoms with Gasteiger partial charge in [-0.3, -0.25) is 0 Å². The molecule has 34 heavy (non-hydrogen) atoms. The van der Waals surface area contributed by atoms with Crippen LogP contribution in [0, 0.1) is 5.41 Å². The first-order valence-electron chi connectivity index (χ1n) is 16.7. The van der Waals surface area contributed by atoms with Gasteiger partial charge in [0.25, 0.3) is 0 Å². The van der Waals surface area contributed by atoms with E-state index in [0.717, 1.165) is 0 Å². The summed E-state index contributed by atoms with van der Waals surface area (Å²) in [6, 6.07) is 0. The molecule has 0 fully saturated rings. The van der Waals surface area contributed by atoms with Crippen LogP contribution in [0.2, 0.25) is 0 Å². The summed E-state index contributed by atoms with van der Waals surface area (Å²) in [5, 5.41) is 0. The van der Waals surface area contributed by atoms with Gasteiger partial charge in [-0.25, -0.2) is 0 Å². The Labute approximate surface area is 219 Å². The predicted molar refractivity (Wildman–Crippen MR) is 159 cm³/mol. The van der Waals surface area contributed by atoms with Gasteiger partial charge >= 0.3 is 0 Å². The monoisotopic (exact) mass is 479 g/mol. The zero-order valence-electron chi connectivity index (χ0n) is 25.0. The molecule has 0 radical (unpaired) electrons. The summed E-state index contributed by atoms with van der Waals surface area (Å²) in [6.45, 7) is 9.39. The van der Waals surface area contributed by atoms with E-state index in [9.17, 15) is 0 Å². The zero-order chi connectivity index (χ0) is 25.0. The van der Waals surface area contributed by atoms with Gasteiger partial charge in [0, 0.05) is 0 Å². The topological polar surface area (TPSA) is 0 Å². The summed E-state index contributed by atoms with van der Waals surface area (Å²) in [4.78, 5) is 0. The van der Waals surface area contributed by atoms with E-state index in [1.54, 1.807) is 0 Å². The molecule has 0 heterocycles. The van der Waals surface area contributed by atoms with Crippen LogP contribution in [0.4, 0.5) is 0 Å². The summed E-state index contributed by atoms with van der Waals surface area (Å²) < 4.78 is 0. The maximum Gasteiger partial charge on any atom is -0.0297 e. The van der Waals surface area contributed by atoms with Crippen molar-refractivity contribution in [1.29, 1.82) is 0 Å². The van der Waals surface area contributed by atoms with Gasteiger partial charge in [0.05, 0.1) is 0 Å². The second-order valence-corrected chi connectivity index (χ2v) is 11.9. The van der Waals surface area contributed by atoms with Crippen LogP contribution >= 0.6 is 0 Å². The molecule has 0 aliphatic heterocycles. The minimum Gasteiger partial charge on any atom is -0.0654 e. The van der Waals surface area contributed by atoms with Crippen molar-refractivity contribution < 1.29 is 0 Å². The Balaban J connectivity index is 4.28. The average molecular weight is 479 g/mol. The molecule has 0 N–H and O–H groups in total. The van der Waals surface area contributed by atoms with Crippen molar-refractivity contribution in [3.8, 4) is 0 Å². The van der Waals surface area contributed by atoms with Crippen molar-refractivity contribution in [2.75, 3.05) is 0 Å². The lowest BCUT2D eigenvalue weighted by Crippen LogP contribution is -2.21. The maximum atomic E-state index is 2.36. The minimum atomic E-state index is 0.688. The molecule has 206 valence electrons. The highest BCUT2D eigenvalue weighted by Crippen LogP contribution is 2.42. The van der Waals surface area contributed by atoms with E-state index in [4.69, 9.17) is 0 Å². The molecule has 0 spiro atoms. The van der Waals surface area contributed by atoms with Crippen LogP contribution in [0.25, 0.3) is 0 Å². The molecule has 0 nitrogen and oxygen atoms in total. The van der Waals surface area contributed by atoms with Gasteiger partial charge in [0.1, 0.15) is 0 Å². The maximum absolute atomic E-state index is 2.36.